The molecule has 0 radical (unpaired) electrons. The second kappa shape index (κ2) is 11.1. The van der Waals surface area contributed by atoms with Crippen molar-refractivity contribution >= 4 is 49.6 Å². The van der Waals surface area contributed by atoms with Gasteiger partial charge in [-0.1, -0.05) is 137 Å². The molecule has 0 amide bonds. The molecule has 1 aliphatic carbocycles. The first-order chi connectivity index (χ1) is 26.3. The molecule has 0 fully saturated rings. The summed E-state index contributed by atoms with van der Waals surface area (Å²) in [5.74, 6) is 0. The fourth-order valence-corrected chi connectivity index (χ4v) is 9.72. The van der Waals surface area contributed by atoms with Crippen molar-refractivity contribution < 1.29 is 0 Å². The van der Waals surface area contributed by atoms with Crippen molar-refractivity contribution in [2.45, 2.75) is 38.5 Å². The lowest BCUT2D eigenvalue weighted by Crippen LogP contribution is -2.26. The van der Waals surface area contributed by atoms with Gasteiger partial charge >= 0.3 is 0 Å². The lowest BCUT2D eigenvalue weighted by atomic mass is 9.74. The molecule has 0 atom stereocenters. The molecule has 8 aromatic carbocycles. The Kier molecular flexibility index (Phi) is 6.39. The van der Waals surface area contributed by atoms with Crippen molar-refractivity contribution in [1.29, 1.82) is 0 Å². The fourth-order valence-electron chi connectivity index (χ4n) is 9.72. The minimum absolute atomic E-state index is 0.0677. The number of fused-ring (bicyclic) bond motifs is 9. The minimum Gasteiger partial charge on any atom is -0.310 e. The van der Waals surface area contributed by atoms with Gasteiger partial charge in [0.2, 0.25) is 0 Å². The fraction of sp³-hybridized carbons (Fsp3) is 0.115. The number of nitrogens with zero attached hydrogens (tertiary/aromatic N) is 2. The van der Waals surface area contributed by atoms with Crippen molar-refractivity contribution in [2.75, 3.05) is 4.90 Å². The highest BCUT2D eigenvalue weighted by atomic mass is 15.1. The average molecular weight is 693 g/mol. The molecule has 0 saturated carbocycles. The largest absolute Gasteiger partial charge is 0.310 e. The van der Waals surface area contributed by atoms with E-state index in [1.165, 1.54) is 88.5 Å². The maximum absolute atomic E-state index is 2.52. The van der Waals surface area contributed by atoms with E-state index in [0.717, 1.165) is 11.4 Å². The predicted octanol–water partition coefficient (Wildman–Crippen LogP) is 14.0. The van der Waals surface area contributed by atoms with Gasteiger partial charge < -0.3 is 9.47 Å². The standard InChI is InChI=1S/C52H40N2/c1-51(2)44-19-11-10-17-40(44)41-27-26-39(32-46(41)51)53(37-15-6-5-7-16-37)38-24-21-33(22-25-38)36-23-28-48-43(29-36)42-18-12-20-45-50(42)54(48)49-31-35-14-9-8-13-34(35)30-47(49)52(45,3)4/h5-32H,1-4H3. The second-order valence-corrected chi connectivity index (χ2v) is 16.2. The zero-order valence-corrected chi connectivity index (χ0v) is 31.1. The molecule has 1 aromatic heterocycles. The maximum atomic E-state index is 2.52. The molecular weight excluding hydrogens is 653 g/mol. The van der Waals surface area contributed by atoms with E-state index >= 15 is 0 Å². The number of hydrogen-bond acceptors (Lipinski definition) is 1. The Morgan fingerprint density at radius 3 is 1.85 bits per heavy atom. The first kappa shape index (κ1) is 31.2. The van der Waals surface area contributed by atoms with Gasteiger partial charge in [0.25, 0.3) is 0 Å². The highest BCUT2D eigenvalue weighted by molar-refractivity contribution is 6.13. The van der Waals surface area contributed by atoms with Gasteiger partial charge in [-0.05, 0) is 116 Å². The van der Waals surface area contributed by atoms with Gasteiger partial charge in [0, 0.05) is 38.7 Å². The SMILES string of the molecule is CC1(C)c2ccccc2-c2ccc(N(c3ccccc3)c3ccc(-c4ccc5c(c4)c4cccc6c4n5-c4cc5ccccc5cc4C6(C)C)cc3)cc21. The maximum Gasteiger partial charge on any atom is 0.0582 e. The number of aromatic nitrogens is 1. The summed E-state index contributed by atoms with van der Waals surface area (Å²) in [4.78, 5) is 2.39. The Morgan fingerprint density at radius 1 is 0.407 bits per heavy atom. The highest BCUT2D eigenvalue weighted by Crippen LogP contribution is 2.51. The number of para-hydroxylation sites is 2. The molecule has 0 spiro atoms. The van der Waals surface area contributed by atoms with E-state index in [9.17, 15) is 0 Å². The van der Waals surface area contributed by atoms with Crippen molar-refractivity contribution in [1.82, 2.24) is 4.57 Å². The third-order valence-corrected chi connectivity index (χ3v) is 12.5. The molecule has 2 nitrogen and oxygen atoms in total. The third kappa shape index (κ3) is 4.28. The van der Waals surface area contributed by atoms with Crippen LogP contribution >= 0.6 is 0 Å². The van der Waals surface area contributed by atoms with Crippen molar-refractivity contribution in [2.24, 2.45) is 0 Å². The normalized spacial score (nSPS) is 14.6. The van der Waals surface area contributed by atoms with Gasteiger partial charge in [0.05, 0.1) is 16.7 Å². The molecule has 258 valence electrons. The molecular formula is C52H40N2. The van der Waals surface area contributed by atoms with Gasteiger partial charge in [-0.15, -0.1) is 0 Å². The molecule has 2 aliphatic rings. The van der Waals surface area contributed by atoms with Gasteiger partial charge in [0.15, 0.2) is 0 Å². The molecule has 0 saturated heterocycles. The predicted molar refractivity (Wildman–Crippen MR) is 228 cm³/mol. The van der Waals surface area contributed by atoms with Gasteiger partial charge in [-0.2, -0.15) is 0 Å². The molecule has 54 heavy (non-hydrogen) atoms. The van der Waals surface area contributed by atoms with Crippen LogP contribution in [-0.2, 0) is 10.8 Å². The van der Waals surface area contributed by atoms with E-state index in [4.69, 9.17) is 0 Å². The number of anilines is 3. The van der Waals surface area contributed by atoms with E-state index in [2.05, 4.69) is 207 Å². The van der Waals surface area contributed by atoms with Crippen molar-refractivity contribution in [3.05, 3.63) is 192 Å². The average Bonchev–Trinajstić information content (AvgIpc) is 3.66. The second-order valence-electron chi connectivity index (χ2n) is 16.2. The summed E-state index contributed by atoms with van der Waals surface area (Å²) in [6.45, 7) is 9.46. The van der Waals surface area contributed by atoms with E-state index < -0.39 is 0 Å². The zero-order chi connectivity index (χ0) is 36.3. The first-order valence-corrected chi connectivity index (χ1v) is 19.1. The number of rotatable bonds is 4. The van der Waals surface area contributed by atoms with Crippen LogP contribution in [0.15, 0.2) is 170 Å². The third-order valence-electron chi connectivity index (χ3n) is 12.5. The number of benzene rings is 8. The number of hydrogen-bond donors (Lipinski definition) is 0. The molecule has 2 heterocycles. The zero-order valence-electron chi connectivity index (χ0n) is 31.1. The van der Waals surface area contributed by atoms with E-state index in [1.807, 2.05) is 0 Å². The van der Waals surface area contributed by atoms with Crippen LogP contribution in [0.3, 0.4) is 0 Å². The summed E-state index contributed by atoms with van der Waals surface area (Å²) < 4.78 is 2.52. The van der Waals surface area contributed by atoms with E-state index in [1.54, 1.807) is 0 Å². The van der Waals surface area contributed by atoms with Crippen molar-refractivity contribution in [3.63, 3.8) is 0 Å². The summed E-state index contributed by atoms with van der Waals surface area (Å²) in [6, 6.07) is 63.2. The van der Waals surface area contributed by atoms with Crippen LogP contribution in [0.25, 0.3) is 60.5 Å². The Hall–Kier alpha value is -6.38. The summed E-state index contributed by atoms with van der Waals surface area (Å²) in [6.07, 6.45) is 0. The lowest BCUT2D eigenvalue weighted by molar-refractivity contribution is 0.631. The van der Waals surface area contributed by atoms with Crippen LogP contribution < -0.4 is 4.90 Å². The Balaban J connectivity index is 1.03. The van der Waals surface area contributed by atoms with Gasteiger partial charge in [-0.3, -0.25) is 0 Å². The molecule has 2 heteroatoms. The monoisotopic (exact) mass is 692 g/mol. The Labute approximate surface area is 316 Å². The van der Waals surface area contributed by atoms with E-state index in [0.29, 0.717) is 0 Å². The van der Waals surface area contributed by atoms with E-state index in [-0.39, 0.29) is 10.8 Å². The highest BCUT2D eigenvalue weighted by Gasteiger charge is 2.37. The molecule has 1 aliphatic heterocycles. The smallest absolute Gasteiger partial charge is 0.0582 e. The summed E-state index contributed by atoms with van der Waals surface area (Å²) >= 11 is 0. The molecule has 11 rings (SSSR count). The minimum atomic E-state index is -0.120. The topological polar surface area (TPSA) is 8.17 Å². The quantitative estimate of drug-likeness (QED) is 0.178. The van der Waals surface area contributed by atoms with Crippen LogP contribution in [0.1, 0.15) is 49.9 Å². The van der Waals surface area contributed by atoms with Crippen LogP contribution in [0.5, 0.6) is 0 Å². The van der Waals surface area contributed by atoms with Crippen LogP contribution in [0, 0.1) is 0 Å². The summed E-state index contributed by atoms with van der Waals surface area (Å²) in [5, 5.41) is 5.16. The first-order valence-electron chi connectivity index (χ1n) is 19.1. The van der Waals surface area contributed by atoms with Crippen molar-refractivity contribution in [3.8, 4) is 27.9 Å². The lowest BCUT2D eigenvalue weighted by Gasteiger charge is -2.35. The van der Waals surface area contributed by atoms with Crippen LogP contribution in [-0.4, -0.2) is 4.57 Å². The Bertz CT molecular complexity index is 2980. The molecule has 0 bridgehead atoms. The molecule has 0 N–H and O–H groups in total. The molecule has 9 aromatic rings. The summed E-state index contributed by atoms with van der Waals surface area (Å²) in [5.41, 5.74) is 17.8. The van der Waals surface area contributed by atoms with Crippen LogP contribution in [0.2, 0.25) is 0 Å². The Morgan fingerprint density at radius 2 is 1.04 bits per heavy atom. The van der Waals surface area contributed by atoms with Crippen LogP contribution in [0.4, 0.5) is 17.1 Å². The van der Waals surface area contributed by atoms with Gasteiger partial charge in [0.1, 0.15) is 0 Å². The van der Waals surface area contributed by atoms with Gasteiger partial charge in [-0.25, -0.2) is 0 Å². The molecule has 0 unspecified atom stereocenters. The summed E-state index contributed by atoms with van der Waals surface area (Å²) in [7, 11) is 0.